The molecule has 1 aliphatic rings. The van der Waals surface area contributed by atoms with Gasteiger partial charge in [-0.1, -0.05) is 62.7 Å². The SMILES string of the molecule is CC(C)(C)c1ccc(Oc2ccccc2C=C2C(=O)NC(=S)N(c3ccc(Cl)cc3)C2=O)cc1. The molecular weight excluding hydrogens is 468 g/mol. The Kier molecular flexibility index (Phi) is 6.55. The molecule has 3 aromatic rings. The predicted molar refractivity (Wildman–Crippen MR) is 139 cm³/mol. The van der Waals surface area contributed by atoms with Crippen LogP contribution >= 0.6 is 23.8 Å². The quantitative estimate of drug-likeness (QED) is 0.266. The van der Waals surface area contributed by atoms with Gasteiger partial charge in [-0.2, -0.15) is 0 Å². The lowest BCUT2D eigenvalue weighted by Gasteiger charge is -2.29. The largest absolute Gasteiger partial charge is 0.457 e. The van der Waals surface area contributed by atoms with Gasteiger partial charge in [0.15, 0.2) is 5.11 Å². The van der Waals surface area contributed by atoms with Crippen molar-refractivity contribution in [3.63, 3.8) is 0 Å². The minimum atomic E-state index is -0.565. The molecule has 0 radical (unpaired) electrons. The number of ether oxygens (including phenoxy) is 1. The van der Waals surface area contributed by atoms with Crippen molar-refractivity contribution in [2.75, 3.05) is 4.90 Å². The first-order valence-electron chi connectivity index (χ1n) is 10.7. The van der Waals surface area contributed by atoms with Crippen LogP contribution in [-0.2, 0) is 15.0 Å². The molecule has 5 nitrogen and oxygen atoms in total. The molecule has 1 saturated heterocycles. The van der Waals surface area contributed by atoms with Gasteiger partial charge in [0.05, 0.1) is 5.69 Å². The Hall–Kier alpha value is -3.48. The number of hydrogen-bond acceptors (Lipinski definition) is 4. The summed E-state index contributed by atoms with van der Waals surface area (Å²) in [6.45, 7) is 6.45. The zero-order valence-electron chi connectivity index (χ0n) is 19.0. The van der Waals surface area contributed by atoms with Crippen LogP contribution in [0.2, 0.25) is 5.02 Å². The van der Waals surface area contributed by atoms with Crippen LogP contribution in [-0.4, -0.2) is 16.9 Å². The van der Waals surface area contributed by atoms with Gasteiger partial charge in [-0.3, -0.25) is 19.8 Å². The second-order valence-electron chi connectivity index (χ2n) is 8.85. The van der Waals surface area contributed by atoms with Crippen LogP contribution in [0, 0.1) is 0 Å². The van der Waals surface area contributed by atoms with E-state index in [0.717, 1.165) is 0 Å². The molecule has 1 heterocycles. The molecule has 0 unspecified atom stereocenters. The van der Waals surface area contributed by atoms with Crippen LogP contribution in [0.15, 0.2) is 78.4 Å². The van der Waals surface area contributed by atoms with Gasteiger partial charge in [0.2, 0.25) is 0 Å². The first-order valence-corrected chi connectivity index (χ1v) is 11.5. The number of hydrogen-bond donors (Lipinski definition) is 1. The molecule has 2 amide bonds. The van der Waals surface area contributed by atoms with Gasteiger partial charge in [0.25, 0.3) is 11.8 Å². The summed E-state index contributed by atoms with van der Waals surface area (Å²) < 4.78 is 6.09. The number of nitrogens with one attached hydrogen (secondary N) is 1. The smallest absolute Gasteiger partial charge is 0.270 e. The summed E-state index contributed by atoms with van der Waals surface area (Å²) in [7, 11) is 0. The number of amides is 2. The third-order valence-electron chi connectivity index (χ3n) is 5.35. The van der Waals surface area contributed by atoms with Gasteiger partial charge in [0, 0.05) is 10.6 Å². The summed E-state index contributed by atoms with van der Waals surface area (Å²) in [5, 5.41) is 3.13. The van der Waals surface area contributed by atoms with E-state index in [9.17, 15) is 9.59 Å². The third kappa shape index (κ3) is 5.03. The van der Waals surface area contributed by atoms with Crippen molar-refractivity contribution < 1.29 is 14.3 Å². The number of nitrogens with zero attached hydrogens (tertiary/aromatic N) is 1. The molecule has 1 fully saturated rings. The minimum Gasteiger partial charge on any atom is -0.457 e. The minimum absolute atomic E-state index is 0.0120. The van der Waals surface area contributed by atoms with Gasteiger partial charge >= 0.3 is 0 Å². The standard InChI is InChI=1S/C27H23ClN2O3S/c1-27(2,3)18-8-14-21(15-9-18)33-23-7-5-4-6-17(23)16-22-24(31)29-26(34)30(25(22)32)20-12-10-19(28)11-13-20/h4-16H,1-3H3,(H,29,31,34). The Morgan fingerprint density at radius 3 is 2.24 bits per heavy atom. The molecule has 1 aliphatic heterocycles. The third-order valence-corrected chi connectivity index (χ3v) is 5.89. The van der Waals surface area contributed by atoms with Crippen LogP contribution < -0.4 is 15.0 Å². The molecule has 0 saturated carbocycles. The van der Waals surface area contributed by atoms with Crippen LogP contribution in [0.5, 0.6) is 11.5 Å². The maximum absolute atomic E-state index is 13.3. The van der Waals surface area contributed by atoms with Gasteiger partial charge in [-0.05, 0) is 71.7 Å². The van der Waals surface area contributed by atoms with Gasteiger partial charge in [0.1, 0.15) is 17.1 Å². The normalized spacial score (nSPS) is 15.5. The Labute approximate surface area is 209 Å². The molecule has 0 atom stereocenters. The molecule has 0 aliphatic carbocycles. The van der Waals surface area contributed by atoms with Crippen LogP contribution in [0.4, 0.5) is 5.69 Å². The summed E-state index contributed by atoms with van der Waals surface area (Å²) in [4.78, 5) is 27.2. The number of carbonyl (C=O) groups excluding carboxylic acids is 2. The number of thiocarbonyl (C=S) groups is 1. The second-order valence-corrected chi connectivity index (χ2v) is 9.67. The van der Waals surface area contributed by atoms with Crippen molar-refractivity contribution in [3.05, 3.63) is 94.5 Å². The highest BCUT2D eigenvalue weighted by atomic mass is 35.5. The average Bonchev–Trinajstić information content (AvgIpc) is 2.78. The van der Waals surface area contributed by atoms with E-state index < -0.39 is 11.8 Å². The molecular formula is C27H23ClN2O3S. The van der Waals surface area contributed by atoms with Crippen LogP contribution in [0.25, 0.3) is 6.08 Å². The molecule has 7 heteroatoms. The maximum Gasteiger partial charge on any atom is 0.270 e. The zero-order valence-corrected chi connectivity index (χ0v) is 20.5. The number of anilines is 1. The highest BCUT2D eigenvalue weighted by Gasteiger charge is 2.34. The molecule has 3 aromatic carbocycles. The number of para-hydroxylation sites is 1. The molecule has 172 valence electrons. The van der Waals surface area contributed by atoms with E-state index in [0.29, 0.717) is 27.8 Å². The monoisotopic (exact) mass is 490 g/mol. The molecule has 4 rings (SSSR count). The lowest BCUT2D eigenvalue weighted by Crippen LogP contribution is -2.54. The van der Waals surface area contributed by atoms with Crippen LogP contribution in [0.3, 0.4) is 0 Å². The zero-order chi connectivity index (χ0) is 24.5. The summed E-state index contributed by atoms with van der Waals surface area (Å²) >= 11 is 11.2. The van der Waals surface area contributed by atoms with Crippen molar-refractivity contribution in [1.82, 2.24) is 5.32 Å². The van der Waals surface area contributed by atoms with Crippen molar-refractivity contribution in [3.8, 4) is 11.5 Å². The fourth-order valence-electron chi connectivity index (χ4n) is 3.48. The van der Waals surface area contributed by atoms with E-state index in [1.165, 1.54) is 16.5 Å². The summed E-state index contributed by atoms with van der Waals surface area (Å²) in [6, 6.07) is 21.7. The highest BCUT2D eigenvalue weighted by molar-refractivity contribution is 7.80. The number of rotatable bonds is 4. The molecule has 0 aromatic heterocycles. The summed E-state index contributed by atoms with van der Waals surface area (Å²) in [6.07, 6.45) is 1.52. The molecule has 0 spiro atoms. The molecule has 0 bridgehead atoms. The van der Waals surface area contributed by atoms with E-state index >= 15 is 0 Å². The highest BCUT2D eigenvalue weighted by Crippen LogP contribution is 2.31. The van der Waals surface area contributed by atoms with Crippen molar-refractivity contribution in [2.24, 2.45) is 0 Å². The van der Waals surface area contributed by atoms with Crippen molar-refractivity contribution in [2.45, 2.75) is 26.2 Å². The lowest BCUT2D eigenvalue weighted by molar-refractivity contribution is -0.122. The fourth-order valence-corrected chi connectivity index (χ4v) is 3.89. The van der Waals surface area contributed by atoms with Gasteiger partial charge < -0.3 is 4.74 Å². The maximum atomic E-state index is 13.3. The van der Waals surface area contributed by atoms with Gasteiger partial charge in [-0.25, -0.2) is 0 Å². The Bertz CT molecular complexity index is 1290. The molecule has 34 heavy (non-hydrogen) atoms. The predicted octanol–water partition coefficient (Wildman–Crippen LogP) is 6.26. The fraction of sp³-hybridized carbons (Fsp3) is 0.148. The first kappa shape index (κ1) is 23.7. The Morgan fingerprint density at radius 1 is 0.941 bits per heavy atom. The van der Waals surface area contributed by atoms with E-state index in [-0.39, 0.29) is 16.1 Å². The van der Waals surface area contributed by atoms with Crippen molar-refractivity contribution >= 4 is 52.5 Å². The van der Waals surface area contributed by atoms with E-state index in [1.807, 2.05) is 36.4 Å². The topological polar surface area (TPSA) is 58.6 Å². The number of benzene rings is 3. The summed E-state index contributed by atoms with van der Waals surface area (Å²) in [5.74, 6) is 0.0810. The number of halogens is 1. The lowest BCUT2D eigenvalue weighted by atomic mass is 9.87. The first-order chi connectivity index (χ1) is 16.1. The number of carbonyl (C=O) groups is 2. The van der Waals surface area contributed by atoms with E-state index in [4.69, 9.17) is 28.6 Å². The summed E-state index contributed by atoms with van der Waals surface area (Å²) in [5.41, 5.74) is 2.27. The van der Waals surface area contributed by atoms with Crippen LogP contribution in [0.1, 0.15) is 31.9 Å². The Balaban J connectivity index is 1.66. The molecule has 1 N–H and O–H groups in total. The van der Waals surface area contributed by atoms with Gasteiger partial charge in [-0.15, -0.1) is 0 Å². The average molecular weight is 491 g/mol. The van der Waals surface area contributed by atoms with Crippen molar-refractivity contribution in [1.29, 1.82) is 0 Å². The van der Waals surface area contributed by atoms with E-state index in [2.05, 4.69) is 26.1 Å². The Morgan fingerprint density at radius 2 is 1.59 bits per heavy atom. The van der Waals surface area contributed by atoms with E-state index in [1.54, 1.807) is 36.4 Å². The second kappa shape index (κ2) is 9.41.